The third kappa shape index (κ3) is 5.04. The molecule has 1 rings (SSSR count). The Morgan fingerprint density at radius 2 is 1.95 bits per heavy atom. The third-order valence-electron chi connectivity index (χ3n) is 3.10. The van der Waals surface area contributed by atoms with Gasteiger partial charge in [-0.3, -0.25) is 0 Å². The van der Waals surface area contributed by atoms with Gasteiger partial charge in [-0.25, -0.2) is 0 Å². The van der Waals surface area contributed by atoms with Gasteiger partial charge in [0.15, 0.2) is 0 Å². The van der Waals surface area contributed by atoms with Gasteiger partial charge in [0.25, 0.3) is 0 Å². The lowest BCUT2D eigenvalue weighted by atomic mass is 10.0. The maximum atomic E-state index is 6.20. The first-order chi connectivity index (χ1) is 8.95. The van der Waals surface area contributed by atoms with Crippen LogP contribution in [0, 0.1) is 6.92 Å². The average molecular weight is 284 g/mol. The van der Waals surface area contributed by atoms with Gasteiger partial charge < -0.3 is 10.1 Å². The predicted octanol–water partition coefficient (Wildman–Crippen LogP) is 4.54. The average Bonchev–Trinajstić information content (AvgIpc) is 2.33. The summed E-state index contributed by atoms with van der Waals surface area (Å²) in [6.07, 6.45) is 1.30. The molecule has 1 aromatic carbocycles. The van der Waals surface area contributed by atoms with Crippen molar-refractivity contribution >= 4 is 11.6 Å². The van der Waals surface area contributed by atoms with Crippen molar-refractivity contribution in [2.24, 2.45) is 0 Å². The highest BCUT2D eigenvalue weighted by molar-refractivity contribution is 6.31. The second-order valence-corrected chi connectivity index (χ2v) is 5.83. The minimum atomic E-state index is 0.157. The Morgan fingerprint density at radius 3 is 2.53 bits per heavy atom. The summed E-state index contributed by atoms with van der Waals surface area (Å²) in [5.41, 5.74) is 2.24. The summed E-state index contributed by atoms with van der Waals surface area (Å²) in [4.78, 5) is 0. The molecule has 0 saturated heterocycles. The Hall–Kier alpha value is -0.730. The highest BCUT2D eigenvalue weighted by atomic mass is 35.5. The molecule has 0 heterocycles. The largest absolute Gasteiger partial charge is 0.489 e. The molecule has 1 atom stereocenters. The summed E-state index contributed by atoms with van der Waals surface area (Å²) in [6.45, 7) is 12.5. The van der Waals surface area contributed by atoms with E-state index in [1.165, 1.54) is 5.56 Å². The first-order valence-corrected chi connectivity index (χ1v) is 7.50. The van der Waals surface area contributed by atoms with Crippen LogP contribution in [0.1, 0.15) is 51.2 Å². The topological polar surface area (TPSA) is 21.3 Å². The molecule has 108 valence electrons. The number of hydrogen-bond donors (Lipinski definition) is 1. The van der Waals surface area contributed by atoms with Crippen LogP contribution in [0.5, 0.6) is 5.75 Å². The van der Waals surface area contributed by atoms with E-state index in [9.17, 15) is 0 Å². The van der Waals surface area contributed by atoms with Crippen molar-refractivity contribution in [1.29, 1.82) is 0 Å². The Balaban J connectivity index is 2.78. The number of halogens is 1. The van der Waals surface area contributed by atoms with Crippen LogP contribution in [0.25, 0.3) is 0 Å². The summed E-state index contributed by atoms with van der Waals surface area (Å²) in [5.74, 6) is 1.37. The number of hydrogen-bond acceptors (Lipinski definition) is 2. The maximum absolute atomic E-state index is 6.20. The maximum Gasteiger partial charge on any atom is 0.123 e. The molecule has 3 heteroatoms. The van der Waals surface area contributed by atoms with Crippen LogP contribution in [-0.4, -0.2) is 19.2 Å². The monoisotopic (exact) mass is 283 g/mol. The molecule has 0 aliphatic heterocycles. The Morgan fingerprint density at radius 1 is 1.26 bits per heavy atom. The molecular weight excluding hydrogens is 258 g/mol. The molecule has 0 aliphatic carbocycles. The van der Waals surface area contributed by atoms with E-state index in [2.05, 4.69) is 33.0 Å². The fraction of sp³-hybridized carbons (Fsp3) is 0.625. The molecular formula is C16H26ClNO. The highest BCUT2D eigenvalue weighted by Gasteiger charge is 2.13. The molecule has 0 bridgehead atoms. The van der Waals surface area contributed by atoms with Crippen molar-refractivity contribution in [3.8, 4) is 5.75 Å². The van der Waals surface area contributed by atoms with E-state index in [0.29, 0.717) is 5.92 Å². The fourth-order valence-electron chi connectivity index (χ4n) is 1.96. The first kappa shape index (κ1) is 16.3. The van der Waals surface area contributed by atoms with Gasteiger partial charge >= 0.3 is 0 Å². The molecule has 19 heavy (non-hydrogen) atoms. The van der Waals surface area contributed by atoms with Gasteiger partial charge in [0, 0.05) is 11.6 Å². The van der Waals surface area contributed by atoms with Crippen molar-refractivity contribution < 1.29 is 4.74 Å². The normalized spacial score (nSPS) is 12.8. The van der Waals surface area contributed by atoms with Crippen LogP contribution in [0.2, 0.25) is 5.02 Å². The molecule has 0 radical (unpaired) electrons. The van der Waals surface area contributed by atoms with Gasteiger partial charge in [-0.15, -0.1) is 0 Å². The summed E-state index contributed by atoms with van der Waals surface area (Å²) in [7, 11) is 0. The summed E-state index contributed by atoms with van der Waals surface area (Å²) in [5, 5.41) is 4.19. The van der Waals surface area contributed by atoms with Gasteiger partial charge in [0.2, 0.25) is 0 Å². The number of aryl methyl sites for hydroxylation is 1. The zero-order valence-electron chi connectivity index (χ0n) is 12.7. The first-order valence-electron chi connectivity index (χ1n) is 7.13. The van der Waals surface area contributed by atoms with Gasteiger partial charge in [-0.05, 0) is 56.0 Å². The van der Waals surface area contributed by atoms with Gasteiger partial charge in [0.05, 0.1) is 0 Å². The minimum Gasteiger partial charge on any atom is -0.489 e. The third-order valence-corrected chi connectivity index (χ3v) is 3.51. The Bertz CT molecular complexity index is 404. The van der Waals surface area contributed by atoms with Crippen LogP contribution in [0.15, 0.2) is 12.1 Å². The van der Waals surface area contributed by atoms with Gasteiger partial charge in [0.1, 0.15) is 11.9 Å². The standard InChI is InChI=1S/C16H26ClNO/c1-6-7-18-10-13(5)19-16-8-12(4)15(17)9-14(16)11(2)3/h8-9,11,13,18H,6-7,10H2,1-5H3. The molecule has 1 aromatic rings. The van der Waals surface area contributed by atoms with E-state index in [1.54, 1.807) is 0 Å². The van der Waals surface area contributed by atoms with Crippen LogP contribution < -0.4 is 10.1 Å². The van der Waals surface area contributed by atoms with E-state index < -0.39 is 0 Å². The van der Waals surface area contributed by atoms with Crippen molar-refractivity contribution in [2.75, 3.05) is 13.1 Å². The van der Waals surface area contributed by atoms with E-state index in [1.807, 2.05) is 19.1 Å². The van der Waals surface area contributed by atoms with Crippen molar-refractivity contribution in [3.05, 3.63) is 28.3 Å². The number of ether oxygens (including phenoxy) is 1. The summed E-state index contributed by atoms with van der Waals surface area (Å²) in [6, 6.07) is 4.08. The van der Waals surface area contributed by atoms with Crippen LogP contribution in [0.4, 0.5) is 0 Å². The lowest BCUT2D eigenvalue weighted by molar-refractivity contribution is 0.214. The molecule has 0 amide bonds. The molecule has 0 fully saturated rings. The molecule has 2 nitrogen and oxygen atoms in total. The molecule has 1 unspecified atom stereocenters. The van der Waals surface area contributed by atoms with E-state index >= 15 is 0 Å². The second kappa shape index (κ2) is 7.76. The van der Waals surface area contributed by atoms with Crippen molar-refractivity contribution in [1.82, 2.24) is 5.32 Å². The molecule has 0 spiro atoms. The zero-order valence-corrected chi connectivity index (χ0v) is 13.5. The summed E-state index contributed by atoms with van der Waals surface area (Å²) < 4.78 is 6.07. The molecule has 0 aliphatic rings. The lowest BCUT2D eigenvalue weighted by Gasteiger charge is -2.20. The van der Waals surface area contributed by atoms with Gasteiger partial charge in [-0.2, -0.15) is 0 Å². The van der Waals surface area contributed by atoms with E-state index in [0.717, 1.165) is 35.8 Å². The Kier molecular flexibility index (Phi) is 6.67. The van der Waals surface area contributed by atoms with Crippen LogP contribution in [-0.2, 0) is 0 Å². The van der Waals surface area contributed by atoms with Gasteiger partial charge in [-0.1, -0.05) is 32.4 Å². The van der Waals surface area contributed by atoms with Crippen LogP contribution >= 0.6 is 11.6 Å². The fourth-order valence-corrected chi connectivity index (χ4v) is 2.14. The van der Waals surface area contributed by atoms with E-state index in [-0.39, 0.29) is 6.10 Å². The molecule has 0 saturated carbocycles. The van der Waals surface area contributed by atoms with E-state index in [4.69, 9.17) is 16.3 Å². The Labute approximate surface area is 122 Å². The summed E-state index contributed by atoms with van der Waals surface area (Å²) >= 11 is 6.20. The molecule has 0 aromatic heterocycles. The second-order valence-electron chi connectivity index (χ2n) is 5.43. The highest BCUT2D eigenvalue weighted by Crippen LogP contribution is 2.32. The quantitative estimate of drug-likeness (QED) is 0.742. The van der Waals surface area contributed by atoms with Crippen molar-refractivity contribution in [3.63, 3.8) is 0 Å². The zero-order chi connectivity index (χ0) is 14.4. The number of rotatable bonds is 7. The minimum absolute atomic E-state index is 0.157. The lowest BCUT2D eigenvalue weighted by Crippen LogP contribution is -2.29. The van der Waals surface area contributed by atoms with Crippen LogP contribution in [0.3, 0.4) is 0 Å². The SMILES string of the molecule is CCCNCC(C)Oc1cc(C)c(Cl)cc1C(C)C. The van der Waals surface area contributed by atoms with Crippen molar-refractivity contribution in [2.45, 2.75) is 53.1 Å². The predicted molar refractivity (Wildman–Crippen MR) is 83.5 cm³/mol. The number of benzene rings is 1. The molecule has 1 N–H and O–H groups in total. The smallest absolute Gasteiger partial charge is 0.123 e. The number of nitrogens with one attached hydrogen (secondary N) is 1.